The maximum Gasteiger partial charge on any atom is 0.244 e. The lowest BCUT2D eigenvalue weighted by Crippen LogP contribution is -2.39. The largest absolute Gasteiger partial charge is 0.486 e. The summed E-state index contributed by atoms with van der Waals surface area (Å²) in [6.07, 6.45) is 0.714. The van der Waals surface area contributed by atoms with Crippen LogP contribution >= 0.6 is 11.8 Å². The third-order valence-electron chi connectivity index (χ3n) is 4.84. The summed E-state index contributed by atoms with van der Waals surface area (Å²) in [7, 11) is 0. The average Bonchev–Trinajstić information content (AvgIpc) is 3.17. The van der Waals surface area contributed by atoms with E-state index in [1.807, 2.05) is 38.1 Å². The van der Waals surface area contributed by atoms with E-state index >= 15 is 0 Å². The molecular formula is C23H27FN6O3S. The highest BCUT2D eigenvalue weighted by atomic mass is 32.2. The van der Waals surface area contributed by atoms with Gasteiger partial charge < -0.3 is 20.8 Å². The van der Waals surface area contributed by atoms with E-state index in [4.69, 9.17) is 10.6 Å². The van der Waals surface area contributed by atoms with Gasteiger partial charge in [0, 0.05) is 12.2 Å². The van der Waals surface area contributed by atoms with Crippen LogP contribution in [0, 0.1) is 12.7 Å². The number of nitrogen functional groups attached to an aromatic ring is 1. The van der Waals surface area contributed by atoms with Crippen molar-refractivity contribution in [3.8, 4) is 5.75 Å². The Hall–Kier alpha value is -3.60. The number of nitrogens with zero attached hydrogens (tertiary/aromatic N) is 4. The molecule has 2 aromatic carbocycles. The fraction of sp³-hybridized carbons (Fsp3) is 0.304. The van der Waals surface area contributed by atoms with Crippen molar-refractivity contribution >= 4 is 29.3 Å². The van der Waals surface area contributed by atoms with E-state index in [0.29, 0.717) is 29.7 Å². The molecule has 0 radical (unpaired) electrons. The van der Waals surface area contributed by atoms with Crippen molar-refractivity contribution < 1.29 is 18.7 Å². The first-order chi connectivity index (χ1) is 16.4. The Bertz CT molecular complexity index is 1120. The van der Waals surface area contributed by atoms with Gasteiger partial charge >= 0.3 is 0 Å². The maximum atomic E-state index is 13.0. The van der Waals surface area contributed by atoms with E-state index in [2.05, 4.69) is 15.5 Å². The van der Waals surface area contributed by atoms with Crippen LogP contribution in [0.4, 0.5) is 10.1 Å². The van der Waals surface area contributed by atoms with Crippen LogP contribution in [0.25, 0.3) is 0 Å². The van der Waals surface area contributed by atoms with Crippen molar-refractivity contribution in [2.24, 2.45) is 0 Å². The fourth-order valence-electron chi connectivity index (χ4n) is 3.04. The standard InChI is InChI=1S/C23H27FN6O3S/c1-3-12-29(13-21(31)26-19-7-5-4-6-16(19)2)22(32)15-34-23-28-27-20(30(23)25)14-33-18-10-8-17(24)9-11-18/h4-11H,3,12-15,25H2,1-2H3,(H,26,31). The number of benzene rings is 2. The van der Waals surface area contributed by atoms with Gasteiger partial charge in [-0.15, -0.1) is 10.2 Å². The van der Waals surface area contributed by atoms with E-state index in [0.717, 1.165) is 23.0 Å². The Morgan fingerprint density at radius 1 is 1.18 bits per heavy atom. The zero-order valence-corrected chi connectivity index (χ0v) is 19.8. The van der Waals surface area contributed by atoms with Gasteiger partial charge in [-0.25, -0.2) is 9.07 Å². The molecule has 11 heteroatoms. The van der Waals surface area contributed by atoms with Crippen LogP contribution in [0.5, 0.6) is 5.75 Å². The molecule has 180 valence electrons. The Balaban J connectivity index is 1.53. The van der Waals surface area contributed by atoms with Crippen LogP contribution < -0.4 is 15.9 Å². The highest BCUT2D eigenvalue weighted by Crippen LogP contribution is 2.18. The molecule has 0 saturated heterocycles. The fourth-order valence-corrected chi connectivity index (χ4v) is 3.82. The monoisotopic (exact) mass is 486 g/mol. The number of rotatable bonds is 11. The first kappa shape index (κ1) is 25.0. The van der Waals surface area contributed by atoms with Gasteiger partial charge in [0.1, 0.15) is 18.2 Å². The second kappa shape index (κ2) is 12.0. The molecule has 0 bridgehead atoms. The normalized spacial score (nSPS) is 10.7. The molecule has 0 aliphatic rings. The number of halogens is 1. The zero-order valence-electron chi connectivity index (χ0n) is 19.0. The lowest BCUT2D eigenvalue weighted by atomic mass is 10.2. The summed E-state index contributed by atoms with van der Waals surface area (Å²) >= 11 is 1.12. The first-order valence-electron chi connectivity index (χ1n) is 10.7. The lowest BCUT2D eigenvalue weighted by molar-refractivity contribution is -0.132. The van der Waals surface area contributed by atoms with Gasteiger partial charge in [-0.2, -0.15) is 0 Å². The molecule has 0 aliphatic carbocycles. The second-order valence-electron chi connectivity index (χ2n) is 7.48. The van der Waals surface area contributed by atoms with Crippen LogP contribution in [-0.4, -0.2) is 50.4 Å². The number of hydrogen-bond donors (Lipinski definition) is 2. The average molecular weight is 487 g/mol. The minimum atomic E-state index is -0.359. The number of carbonyl (C=O) groups excluding carboxylic acids is 2. The first-order valence-corrected chi connectivity index (χ1v) is 11.7. The number of amides is 2. The topological polar surface area (TPSA) is 115 Å². The second-order valence-corrected chi connectivity index (χ2v) is 8.42. The number of hydrogen-bond acceptors (Lipinski definition) is 7. The number of aromatic nitrogens is 3. The van der Waals surface area contributed by atoms with E-state index in [-0.39, 0.29) is 36.5 Å². The summed E-state index contributed by atoms with van der Waals surface area (Å²) in [5.74, 6) is 6.07. The molecule has 1 heterocycles. The van der Waals surface area contributed by atoms with Crippen molar-refractivity contribution in [1.82, 2.24) is 19.8 Å². The number of carbonyl (C=O) groups is 2. The number of ether oxygens (including phenoxy) is 1. The minimum Gasteiger partial charge on any atom is -0.486 e. The molecule has 34 heavy (non-hydrogen) atoms. The highest BCUT2D eigenvalue weighted by Gasteiger charge is 2.19. The Labute approximate surface area is 201 Å². The van der Waals surface area contributed by atoms with Crippen LogP contribution in [-0.2, 0) is 16.2 Å². The van der Waals surface area contributed by atoms with Crippen LogP contribution in [0.2, 0.25) is 0 Å². The third kappa shape index (κ3) is 6.95. The van der Waals surface area contributed by atoms with E-state index < -0.39 is 0 Å². The van der Waals surface area contributed by atoms with E-state index in [9.17, 15) is 14.0 Å². The molecule has 0 unspecified atom stereocenters. The molecule has 0 spiro atoms. The van der Waals surface area contributed by atoms with E-state index in [1.54, 1.807) is 0 Å². The maximum absolute atomic E-state index is 13.0. The number of nitrogens with two attached hydrogens (primary N) is 1. The van der Waals surface area contributed by atoms with E-state index in [1.165, 1.54) is 33.8 Å². The molecule has 3 aromatic rings. The third-order valence-corrected chi connectivity index (χ3v) is 5.77. The van der Waals surface area contributed by atoms with Crippen molar-refractivity contribution in [3.63, 3.8) is 0 Å². The van der Waals surface area contributed by atoms with Gasteiger partial charge in [0.15, 0.2) is 5.82 Å². The summed E-state index contributed by atoms with van der Waals surface area (Å²) in [4.78, 5) is 26.8. The summed E-state index contributed by atoms with van der Waals surface area (Å²) in [5.41, 5.74) is 1.67. The predicted molar refractivity (Wildman–Crippen MR) is 128 cm³/mol. The van der Waals surface area contributed by atoms with Crippen molar-refractivity contribution in [1.29, 1.82) is 0 Å². The Morgan fingerprint density at radius 2 is 1.91 bits per heavy atom. The molecule has 0 fully saturated rings. The molecular weight excluding hydrogens is 459 g/mol. The molecule has 0 aliphatic heterocycles. The quantitative estimate of drug-likeness (QED) is 0.316. The van der Waals surface area contributed by atoms with Gasteiger partial charge in [0.25, 0.3) is 0 Å². The molecule has 2 amide bonds. The van der Waals surface area contributed by atoms with Crippen LogP contribution in [0.3, 0.4) is 0 Å². The molecule has 0 saturated carbocycles. The Morgan fingerprint density at radius 3 is 2.62 bits per heavy atom. The van der Waals surface area contributed by atoms with Gasteiger partial charge in [0.2, 0.25) is 17.0 Å². The number of anilines is 1. The number of thioether (sulfide) groups is 1. The van der Waals surface area contributed by atoms with Gasteiger partial charge in [-0.3, -0.25) is 9.59 Å². The minimum absolute atomic E-state index is 0.0324. The van der Waals surface area contributed by atoms with Crippen LogP contribution in [0.1, 0.15) is 24.7 Å². The van der Waals surface area contributed by atoms with Crippen LogP contribution in [0.15, 0.2) is 53.7 Å². The molecule has 9 nitrogen and oxygen atoms in total. The number of para-hydroxylation sites is 1. The SMILES string of the molecule is CCCN(CC(=O)Nc1ccccc1C)C(=O)CSc1nnc(COc2ccc(F)cc2)n1N. The highest BCUT2D eigenvalue weighted by molar-refractivity contribution is 7.99. The summed E-state index contributed by atoms with van der Waals surface area (Å²) in [6, 6.07) is 13.0. The smallest absolute Gasteiger partial charge is 0.244 e. The van der Waals surface area contributed by atoms with Gasteiger partial charge in [0.05, 0.1) is 12.3 Å². The molecule has 0 atom stereocenters. The number of nitrogens with one attached hydrogen (secondary N) is 1. The molecule has 1 aromatic heterocycles. The van der Waals surface area contributed by atoms with Crippen molar-refractivity contribution in [3.05, 3.63) is 65.7 Å². The molecule has 3 rings (SSSR count). The van der Waals surface area contributed by atoms with Crippen molar-refractivity contribution in [2.45, 2.75) is 32.0 Å². The summed E-state index contributed by atoms with van der Waals surface area (Å²) < 4.78 is 19.8. The van der Waals surface area contributed by atoms with Crippen molar-refractivity contribution in [2.75, 3.05) is 30.0 Å². The number of aryl methyl sites for hydroxylation is 1. The zero-order chi connectivity index (χ0) is 24.5. The van der Waals surface area contributed by atoms with Gasteiger partial charge in [-0.05, 0) is 49.2 Å². The Kier molecular flexibility index (Phi) is 8.86. The van der Waals surface area contributed by atoms with Gasteiger partial charge in [-0.1, -0.05) is 36.9 Å². The predicted octanol–water partition coefficient (Wildman–Crippen LogP) is 2.99. The summed E-state index contributed by atoms with van der Waals surface area (Å²) in [5, 5.41) is 11.2. The summed E-state index contributed by atoms with van der Waals surface area (Å²) in [6.45, 7) is 4.28. The lowest BCUT2D eigenvalue weighted by Gasteiger charge is -2.21. The molecule has 3 N–H and O–H groups in total.